The number of nitrogens with one attached hydrogen (secondary N) is 1. The van der Waals surface area contributed by atoms with Crippen molar-refractivity contribution in [2.24, 2.45) is 0 Å². The molecule has 2 aromatic rings. The van der Waals surface area contributed by atoms with E-state index >= 15 is 0 Å². The number of carbonyl (C=O) groups excluding carboxylic acids is 1. The van der Waals surface area contributed by atoms with Gasteiger partial charge in [-0.15, -0.1) is 11.8 Å². The Morgan fingerprint density at radius 2 is 1.75 bits per heavy atom. The van der Waals surface area contributed by atoms with Crippen LogP contribution < -0.4 is 5.32 Å². The summed E-state index contributed by atoms with van der Waals surface area (Å²) in [7, 11) is 0. The molecule has 0 bridgehead atoms. The summed E-state index contributed by atoms with van der Waals surface area (Å²) in [5.74, 6) is 0.950. The van der Waals surface area contributed by atoms with Crippen LogP contribution in [-0.4, -0.2) is 11.7 Å². The molecule has 0 heterocycles. The van der Waals surface area contributed by atoms with E-state index in [0.717, 1.165) is 17.7 Å². The highest BCUT2D eigenvalue weighted by Gasteiger charge is 2.08. The second-order valence-electron chi connectivity index (χ2n) is 5.54. The number of unbranched alkanes of at least 4 members (excludes halogenated alkanes) is 1. The number of thioether (sulfide) groups is 1. The highest BCUT2D eigenvalue weighted by molar-refractivity contribution is 7.99. The Labute approximate surface area is 157 Å². The Morgan fingerprint density at radius 1 is 1.08 bits per heavy atom. The maximum atomic E-state index is 12.0. The topological polar surface area (TPSA) is 29.1 Å². The molecule has 2 nitrogen and oxygen atoms in total. The number of hydrogen-bond donors (Lipinski definition) is 1. The smallest absolute Gasteiger partial charge is 0.234 e. The van der Waals surface area contributed by atoms with Crippen molar-refractivity contribution >= 4 is 46.6 Å². The number of carbonyl (C=O) groups is 1. The highest BCUT2D eigenvalue weighted by Crippen LogP contribution is 2.28. The molecule has 2 rings (SSSR count). The van der Waals surface area contributed by atoms with Crippen LogP contribution in [0, 0.1) is 0 Å². The maximum Gasteiger partial charge on any atom is 0.234 e. The van der Waals surface area contributed by atoms with Crippen LogP contribution in [0.1, 0.15) is 30.9 Å². The number of amides is 1. The summed E-state index contributed by atoms with van der Waals surface area (Å²) in [6.45, 7) is 2.18. The lowest BCUT2D eigenvalue weighted by atomic mass is 10.1. The molecule has 0 aliphatic carbocycles. The fraction of sp³-hybridized carbons (Fsp3) is 0.316. The van der Waals surface area contributed by atoms with Gasteiger partial charge >= 0.3 is 0 Å². The Balaban J connectivity index is 1.79. The predicted molar refractivity (Wildman–Crippen MR) is 106 cm³/mol. The van der Waals surface area contributed by atoms with Gasteiger partial charge in [0.1, 0.15) is 0 Å². The van der Waals surface area contributed by atoms with Gasteiger partial charge in [0.15, 0.2) is 0 Å². The van der Waals surface area contributed by atoms with E-state index in [1.54, 1.807) is 0 Å². The first-order valence-electron chi connectivity index (χ1n) is 7.99. The third-order valence-corrected chi connectivity index (χ3v) is 5.27. The van der Waals surface area contributed by atoms with Crippen LogP contribution in [0.5, 0.6) is 0 Å². The summed E-state index contributed by atoms with van der Waals surface area (Å²) < 4.78 is 0. The largest absolute Gasteiger partial charge is 0.325 e. The summed E-state index contributed by atoms with van der Waals surface area (Å²) in [6, 6.07) is 13.5. The van der Waals surface area contributed by atoms with Gasteiger partial charge in [-0.25, -0.2) is 0 Å². The van der Waals surface area contributed by atoms with Crippen molar-refractivity contribution in [2.45, 2.75) is 31.9 Å². The Kier molecular flexibility index (Phi) is 7.97. The molecular weight excluding hydrogens is 361 g/mol. The van der Waals surface area contributed by atoms with Crippen molar-refractivity contribution in [2.75, 3.05) is 11.1 Å². The van der Waals surface area contributed by atoms with E-state index in [0.29, 0.717) is 21.6 Å². The van der Waals surface area contributed by atoms with E-state index < -0.39 is 0 Å². The first-order chi connectivity index (χ1) is 11.6. The van der Waals surface area contributed by atoms with Gasteiger partial charge in [-0.05, 0) is 48.2 Å². The van der Waals surface area contributed by atoms with Crippen LogP contribution in [0.4, 0.5) is 5.69 Å². The number of halogens is 2. The molecule has 0 aliphatic heterocycles. The number of hydrogen-bond acceptors (Lipinski definition) is 2. The van der Waals surface area contributed by atoms with Crippen LogP contribution in [0.2, 0.25) is 10.0 Å². The molecule has 128 valence electrons. The lowest BCUT2D eigenvalue weighted by Crippen LogP contribution is -2.14. The zero-order chi connectivity index (χ0) is 17.4. The molecule has 0 atom stereocenters. The third-order valence-electron chi connectivity index (χ3n) is 3.60. The second-order valence-corrected chi connectivity index (χ2v) is 7.34. The van der Waals surface area contributed by atoms with Gasteiger partial charge in [-0.1, -0.05) is 54.7 Å². The van der Waals surface area contributed by atoms with Crippen molar-refractivity contribution < 1.29 is 4.79 Å². The monoisotopic (exact) mass is 381 g/mol. The summed E-state index contributed by atoms with van der Waals surface area (Å²) in [6.07, 6.45) is 3.46. The van der Waals surface area contributed by atoms with Crippen LogP contribution >= 0.6 is 35.0 Å². The predicted octanol–water partition coefficient (Wildman–Crippen LogP) is 6.21. The van der Waals surface area contributed by atoms with Crippen LogP contribution in [0.3, 0.4) is 0 Å². The van der Waals surface area contributed by atoms with Gasteiger partial charge in [0.2, 0.25) is 5.91 Å². The molecule has 2 aromatic carbocycles. The standard InChI is InChI=1S/C19H21Cl2NOS/c1-2-3-5-14-8-10-15(11-9-14)22-19(23)13-24-12-16-17(20)6-4-7-18(16)21/h4,6-11H,2-3,5,12-13H2,1H3,(H,22,23). The first kappa shape index (κ1) is 19.2. The SMILES string of the molecule is CCCCc1ccc(NC(=O)CSCc2c(Cl)cccc2Cl)cc1. The van der Waals surface area contributed by atoms with Crippen molar-refractivity contribution in [1.29, 1.82) is 0 Å². The molecule has 0 saturated heterocycles. The van der Waals surface area contributed by atoms with E-state index in [1.165, 1.54) is 30.2 Å². The molecule has 0 unspecified atom stereocenters. The fourth-order valence-electron chi connectivity index (χ4n) is 2.25. The zero-order valence-corrected chi connectivity index (χ0v) is 16.0. The van der Waals surface area contributed by atoms with Gasteiger partial charge < -0.3 is 5.32 Å². The van der Waals surface area contributed by atoms with Crippen molar-refractivity contribution in [3.63, 3.8) is 0 Å². The first-order valence-corrected chi connectivity index (χ1v) is 9.90. The Hall–Kier alpha value is -1.16. The van der Waals surface area contributed by atoms with Gasteiger partial charge in [-0.2, -0.15) is 0 Å². The molecule has 24 heavy (non-hydrogen) atoms. The number of rotatable bonds is 8. The average molecular weight is 382 g/mol. The maximum absolute atomic E-state index is 12.0. The van der Waals surface area contributed by atoms with E-state index in [4.69, 9.17) is 23.2 Å². The van der Waals surface area contributed by atoms with Crippen LogP contribution in [0.15, 0.2) is 42.5 Å². The zero-order valence-electron chi connectivity index (χ0n) is 13.6. The Bertz CT molecular complexity index is 653. The lowest BCUT2D eigenvalue weighted by Gasteiger charge is -2.08. The van der Waals surface area contributed by atoms with E-state index in [9.17, 15) is 4.79 Å². The summed E-state index contributed by atoms with van der Waals surface area (Å²) in [4.78, 5) is 12.0. The van der Waals surface area contributed by atoms with Gasteiger partial charge in [-0.3, -0.25) is 4.79 Å². The minimum absolute atomic E-state index is 0.0236. The van der Waals surface area contributed by atoms with Crippen molar-refractivity contribution in [1.82, 2.24) is 0 Å². The van der Waals surface area contributed by atoms with E-state index in [-0.39, 0.29) is 5.91 Å². The number of aryl methyl sites for hydroxylation is 1. The molecule has 0 aromatic heterocycles. The number of anilines is 1. The molecular formula is C19H21Cl2NOS. The minimum atomic E-state index is -0.0236. The highest BCUT2D eigenvalue weighted by atomic mass is 35.5. The Morgan fingerprint density at radius 3 is 2.38 bits per heavy atom. The summed E-state index contributed by atoms with van der Waals surface area (Å²) in [5.41, 5.74) is 3.01. The molecule has 0 radical (unpaired) electrons. The van der Waals surface area contributed by atoms with Gasteiger partial charge in [0.05, 0.1) is 5.75 Å². The van der Waals surface area contributed by atoms with Crippen molar-refractivity contribution in [3.05, 3.63) is 63.6 Å². The normalized spacial score (nSPS) is 10.6. The van der Waals surface area contributed by atoms with Crippen LogP contribution in [-0.2, 0) is 17.0 Å². The van der Waals surface area contributed by atoms with Gasteiger partial charge in [0.25, 0.3) is 0 Å². The molecule has 1 N–H and O–H groups in total. The third kappa shape index (κ3) is 6.04. The molecule has 0 aliphatic rings. The van der Waals surface area contributed by atoms with E-state index in [2.05, 4.69) is 24.4 Å². The van der Waals surface area contributed by atoms with Gasteiger partial charge in [0, 0.05) is 21.5 Å². The quantitative estimate of drug-likeness (QED) is 0.588. The minimum Gasteiger partial charge on any atom is -0.325 e. The summed E-state index contributed by atoms with van der Waals surface area (Å²) >= 11 is 13.7. The second kappa shape index (κ2) is 9.97. The molecule has 0 saturated carbocycles. The van der Waals surface area contributed by atoms with Crippen LogP contribution in [0.25, 0.3) is 0 Å². The number of benzene rings is 2. The summed E-state index contributed by atoms with van der Waals surface area (Å²) in [5, 5.41) is 4.19. The molecule has 5 heteroatoms. The molecule has 0 fully saturated rings. The van der Waals surface area contributed by atoms with Crippen molar-refractivity contribution in [3.8, 4) is 0 Å². The fourth-order valence-corrected chi connectivity index (χ4v) is 3.81. The average Bonchev–Trinajstić information content (AvgIpc) is 2.57. The molecule has 0 spiro atoms. The van der Waals surface area contributed by atoms with E-state index in [1.807, 2.05) is 30.3 Å². The molecule has 1 amide bonds. The lowest BCUT2D eigenvalue weighted by molar-refractivity contribution is -0.113.